The smallest absolute Gasteiger partial charge is 0.332 e. The van der Waals surface area contributed by atoms with Crippen LogP contribution in [0.2, 0.25) is 0 Å². The second kappa shape index (κ2) is 3.43. The summed E-state index contributed by atoms with van der Waals surface area (Å²) in [6, 6.07) is -1.20. The third-order valence-electron chi connectivity index (χ3n) is 0.585. The van der Waals surface area contributed by atoms with Crippen molar-refractivity contribution in [3.63, 3.8) is 0 Å². The van der Waals surface area contributed by atoms with Crippen LogP contribution < -0.4 is 0 Å². The lowest BCUT2D eigenvalue weighted by molar-refractivity contribution is -0.137. The molecule has 46 valence electrons. The molecule has 0 amide bonds. The fourth-order valence-corrected chi connectivity index (χ4v) is 0.379. The number of rotatable bonds is 3. The molecule has 1 N–H and O–H groups in total. The van der Waals surface area contributed by atoms with Crippen molar-refractivity contribution in [2.24, 2.45) is 5.18 Å². The maximum absolute atomic E-state index is 9.82. The molecule has 4 nitrogen and oxygen atoms in total. The van der Waals surface area contributed by atoms with Gasteiger partial charge >= 0.3 is 5.97 Å². The molecule has 0 aliphatic heterocycles. The molecule has 0 aliphatic rings. The number of carboxylic acids is 1. The van der Waals surface area contributed by atoms with Gasteiger partial charge in [-0.15, -0.1) is 4.91 Å². The first-order chi connectivity index (χ1) is 3.72. The maximum Gasteiger partial charge on any atom is 0.332 e. The normalized spacial score (nSPS) is 12.6. The van der Waals surface area contributed by atoms with E-state index in [9.17, 15) is 9.70 Å². The van der Waals surface area contributed by atoms with Gasteiger partial charge in [-0.3, -0.25) is 0 Å². The lowest BCUT2D eigenvalue weighted by Gasteiger charge is -1.93. The Labute approximate surface area is 51.3 Å². The first kappa shape index (κ1) is 7.42. The highest BCUT2D eigenvalue weighted by Crippen LogP contribution is 1.91. The van der Waals surface area contributed by atoms with Crippen LogP contribution in [-0.4, -0.2) is 22.9 Å². The van der Waals surface area contributed by atoms with Gasteiger partial charge in [-0.25, -0.2) is 4.79 Å². The van der Waals surface area contributed by atoms with E-state index in [-0.39, 0.29) is 5.75 Å². The first-order valence-corrected chi connectivity index (χ1v) is 2.51. The zero-order valence-electron chi connectivity index (χ0n) is 3.94. The van der Waals surface area contributed by atoms with Gasteiger partial charge < -0.3 is 5.11 Å². The van der Waals surface area contributed by atoms with E-state index >= 15 is 0 Å². The highest BCUT2D eigenvalue weighted by atomic mass is 32.1. The highest BCUT2D eigenvalue weighted by Gasteiger charge is 2.14. The number of nitrogens with zero attached hydrogens (tertiary/aromatic N) is 1. The van der Waals surface area contributed by atoms with Gasteiger partial charge in [-0.05, 0) is 0 Å². The quantitative estimate of drug-likeness (QED) is 0.427. The van der Waals surface area contributed by atoms with Crippen LogP contribution in [0.5, 0.6) is 0 Å². The lowest BCUT2D eigenvalue weighted by Crippen LogP contribution is -2.18. The molecule has 0 saturated heterocycles. The van der Waals surface area contributed by atoms with Gasteiger partial charge in [-0.1, -0.05) is 5.18 Å². The van der Waals surface area contributed by atoms with E-state index in [4.69, 9.17) is 5.11 Å². The monoisotopic (exact) mass is 135 g/mol. The van der Waals surface area contributed by atoms with Gasteiger partial charge in [0.2, 0.25) is 0 Å². The van der Waals surface area contributed by atoms with Crippen molar-refractivity contribution in [2.75, 3.05) is 5.75 Å². The Morgan fingerprint density at radius 2 is 2.38 bits per heavy atom. The van der Waals surface area contributed by atoms with E-state index in [1.165, 1.54) is 0 Å². The Hall–Kier alpha value is -0.580. The Morgan fingerprint density at radius 1 is 1.88 bits per heavy atom. The highest BCUT2D eigenvalue weighted by molar-refractivity contribution is 7.80. The minimum absolute atomic E-state index is 0.0428. The Balaban J connectivity index is 3.69. The van der Waals surface area contributed by atoms with E-state index in [0.29, 0.717) is 0 Å². The van der Waals surface area contributed by atoms with E-state index < -0.39 is 12.0 Å². The number of hydrogen-bond donors (Lipinski definition) is 2. The predicted octanol–water partition coefficient (Wildman–Crippen LogP) is 0.136. The molecular formula is C3H5NO3S. The molecule has 0 aromatic heterocycles. The molecule has 1 atom stereocenters. The standard InChI is InChI=1S/C3H5NO3S/c5-3(6)2(1-8)4-7/h2,8H,1H2,(H,5,6). The summed E-state index contributed by atoms with van der Waals surface area (Å²) >= 11 is 3.56. The molecule has 0 aliphatic carbocycles. The number of aliphatic carboxylic acids is 1. The zero-order chi connectivity index (χ0) is 6.57. The van der Waals surface area contributed by atoms with Crippen molar-refractivity contribution in [1.29, 1.82) is 0 Å². The molecule has 0 fully saturated rings. The van der Waals surface area contributed by atoms with Crippen LogP contribution >= 0.6 is 12.6 Å². The first-order valence-electron chi connectivity index (χ1n) is 1.88. The Morgan fingerprint density at radius 3 is 2.38 bits per heavy atom. The lowest BCUT2D eigenvalue weighted by atomic mass is 10.4. The minimum Gasteiger partial charge on any atom is -0.480 e. The van der Waals surface area contributed by atoms with Gasteiger partial charge in [0.15, 0.2) is 6.04 Å². The summed E-state index contributed by atoms with van der Waals surface area (Å²) in [6.45, 7) is 0. The van der Waals surface area contributed by atoms with Crippen molar-refractivity contribution in [2.45, 2.75) is 6.04 Å². The summed E-state index contributed by atoms with van der Waals surface area (Å²) in [6.07, 6.45) is 0. The van der Waals surface area contributed by atoms with Crippen molar-refractivity contribution < 1.29 is 9.90 Å². The van der Waals surface area contributed by atoms with E-state index in [0.717, 1.165) is 0 Å². The summed E-state index contributed by atoms with van der Waals surface area (Å²) in [5, 5.41) is 10.3. The molecule has 0 spiro atoms. The second-order valence-corrected chi connectivity index (χ2v) is 1.51. The number of hydrogen-bond acceptors (Lipinski definition) is 4. The molecule has 0 saturated carbocycles. The van der Waals surface area contributed by atoms with Crippen LogP contribution in [0.3, 0.4) is 0 Å². The molecule has 0 radical (unpaired) electrons. The van der Waals surface area contributed by atoms with Gasteiger partial charge in [0.05, 0.1) is 0 Å². The molecule has 1 unspecified atom stereocenters. The molecular weight excluding hydrogens is 130 g/mol. The minimum atomic E-state index is -1.23. The molecule has 0 heterocycles. The topological polar surface area (TPSA) is 66.7 Å². The van der Waals surface area contributed by atoms with Gasteiger partial charge in [0.25, 0.3) is 0 Å². The van der Waals surface area contributed by atoms with Crippen molar-refractivity contribution in [3.05, 3.63) is 4.91 Å². The Bertz CT molecular complexity index is 105. The molecule has 0 aromatic carbocycles. The van der Waals surface area contributed by atoms with Gasteiger partial charge in [0, 0.05) is 5.75 Å². The summed E-state index contributed by atoms with van der Waals surface area (Å²) in [7, 11) is 0. The van der Waals surface area contributed by atoms with Crippen molar-refractivity contribution in [3.8, 4) is 0 Å². The largest absolute Gasteiger partial charge is 0.480 e. The fourth-order valence-electron chi connectivity index (χ4n) is 0.157. The molecule has 8 heavy (non-hydrogen) atoms. The zero-order valence-corrected chi connectivity index (χ0v) is 4.84. The summed E-state index contributed by atoms with van der Waals surface area (Å²) in [4.78, 5) is 19.3. The van der Waals surface area contributed by atoms with Crippen molar-refractivity contribution >= 4 is 18.6 Å². The number of thiol groups is 1. The van der Waals surface area contributed by atoms with Crippen molar-refractivity contribution in [1.82, 2.24) is 0 Å². The van der Waals surface area contributed by atoms with Gasteiger partial charge in [-0.2, -0.15) is 12.6 Å². The van der Waals surface area contributed by atoms with Crippen LogP contribution in [0.25, 0.3) is 0 Å². The van der Waals surface area contributed by atoms with E-state index in [1.807, 2.05) is 0 Å². The summed E-state index contributed by atoms with van der Waals surface area (Å²) < 4.78 is 0. The third-order valence-corrected chi connectivity index (χ3v) is 0.931. The number of nitroso groups, excluding NO2 is 1. The van der Waals surface area contributed by atoms with Crippen LogP contribution in [0.15, 0.2) is 5.18 Å². The van der Waals surface area contributed by atoms with Crippen LogP contribution in [0.4, 0.5) is 0 Å². The molecule has 0 rings (SSSR count). The second-order valence-electron chi connectivity index (χ2n) is 1.14. The van der Waals surface area contributed by atoms with Crippen LogP contribution in [0, 0.1) is 4.91 Å². The third kappa shape index (κ3) is 1.92. The van der Waals surface area contributed by atoms with Crippen LogP contribution in [-0.2, 0) is 4.79 Å². The number of carboxylic acid groups (broad SMARTS) is 1. The summed E-state index contributed by atoms with van der Waals surface area (Å²) in [5.41, 5.74) is 0. The number of carbonyl (C=O) groups is 1. The van der Waals surface area contributed by atoms with E-state index in [2.05, 4.69) is 17.8 Å². The molecule has 5 heteroatoms. The van der Waals surface area contributed by atoms with E-state index in [1.54, 1.807) is 0 Å². The van der Waals surface area contributed by atoms with Gasteiger partial charge in [0.1, 0.15) is 0 Å². The SMILES string of the molecule is O=NC(CS)C(=O)O. The average molecular weight is 135 g/mol. The molecule has 0 bridgehead atoms. The summed E-state index contributed by atoms with van der Waals surface area (Å²) in [5.74, 6) is -1.27. The fraction of sp³-hybridized carbons (Fsp3) is 0.667. The van der Waals surface area contributed by atoms with Crippen LogP contribution in [0.1, 0.15) is 0 Å². The predicted molar refractivity (Wildman–Crippen MR) is 31.1 cm³/mol. The Kier molecular flexibility index (Phi) is 3.18. The molecule has 0 aromatic rings. The average Bonchev–Trinajstić information content (AvgIpc) is 1.69. The maximum atomic E-state index is 9.82.